The molecule has 0 radical (unpaired) electrons. The number of para-hydroxylation sites is 1. The molecule has 0 aliphatic carbocycles. The van der Waals surface area contributed by atoms with Crippen molar-refractivity contribution in [3.63, 3.8) is 0 Å². The Morgan fingerprint density at radius 2 is 1.82 bits per heavy atom. The molecular formula is C24H21ClN8. The van der Waals surface area contributed by atoms with Gasteiger partial charge in [0.2, 0.25) is 11.9 Å². The van der Waals surface area contributed by atoms with Gasteiger partial charge < -0.3 is 11.1 Å². The molecule has 2 aromatic heterocycles. The molecule has 2 aromatic carbocycles. The van der Waals surface area contributed by atoms with Crippen molar-refractivity contribution in [1.29, 1.82) is 5.26 Å². The number of nitrogens with one attached hydrogen (secondary N) is 1. The highest BCUT2D eigenvalue weighted by atomic mass is 35.5. The molecule has 0 bridgehead atoms. The maximum atomic E-state index is 9.85. The molecule has 9 heteroatoms. The van der Waals surface area contributed by atoms with Crippen molar-refractivity contribution in [2.24, 2.45) is 0 Å². The first-order chi connectivity index (χ1) is 15.9. The fourth-order valence-corrected chi connectivity index (χ4v) is 3.57. The number of anilines is 3. The molecule has 2 heterocycles. The quantitative estimate of drug-likeness (QED) is 0.401. The van der Waals surface area contributed by atoms with Crippen LogP contribution in [0.1, 0.15) is 28.3 Å². The minimum atomic E-state index is 0.0161. The molecule has 33 heavy (non-hydrogen) atoms. The molecule has 0 aliphatic heterocycles. The first-order valence-electron chi connectivity index (χ1n) is 10.2. The van der Waals surface area contributed by atoms with Crippen molar-refractivity contribution in [1.82, 2.24) is 24.7 Å². The molecule has 3 N–H and O–H groups in total. The van der Waals surface area contributed by atoms with Gasteiger partial charge in [0.15, 0.2) is 5.82 Å². The number of nitrogens with two attached hydrogens (primary N) is 1. The van der Waals surface area contributed by atoms with Crippen molar-refractivity contribution in [3.05, 3.63) is 88.0 Å². The second-order valence-electron chi connectivity index (χ2n) is 7.34. The first kappa shape index (κ1) is 22.0. The molecule has 0 fully saturated rings. The van der Waals surface area contributed by atoms with Gasteiger partial charge in [-0.15, -0.1) is 0 Å². The van der Waals surface area contributed by atoms with Crippen LogP contribution in [-0.2, 0) is 6.54 Å². The number of allylic oxidation sites excluding steroid dienone is 1. The second-order valence-corrected chi connectivity index (χ2v) is 7.74. The lowest BCUT2D eigenvalue weighted by atomic mass is 10.1. The van der Waals surface area contributed by atoms with Gasteiger partial charge in [-0.1, -0.05) is 48.0 Å². The number of hydrogen-bond acceptors (Lipinski definition) is 7. The average Bonchev–Trinajstić information content (AvgIpc) is 3.06. The van der Waals surface area contributed by atoms with E-state index in [1.54, 1.807) is 6.08 Å². The van der Waals surface area contributed by atoms with E-state index in [1.165, 1.54) is 0 Å². The number of nitriles is 1. The highest BCUT2D eigenvalue weighted by Gasteiger charge is 2.15. The minimum Gasteiger partial charge on any atom is -0.368 e. The number of aromatic nitrogens is 5. The van der Waals surface area contributed by atoms with E-state index in [1.807, 2.05) is 73.1 Å². The maximum absolute atomic E-state index is 9.85. The minimum absolute atomic E-state index is 0.0161. The largest absolute Gasteiger partial charge is 0.368 e. The van der Waals surface area contributed by atoms with E-state index in [2.05, 4.69) is 31.4 Å². The lowest BCUT2D eigenvalue weighted by Crippen LogP contribution is -2.06. The van der Waals surface area contributed by atoms with Gasteiger partial charge in [-0.05, 0) is 43.7 Å². The van der Waals surface area contributed by atoms with E-state index in [0.29, 0.717) is 11.6 Å². The lowest BCUT2D eigenvalue weighted by molar-refractivity contribution is 0.659. The van der Waals surface area contributed by atoms with Crippen LogP contribution in [0.5, 0.6) is 0 Å². The molecular weight excluding hydrogens is 436 g/mol. The Bertz CT molecular complexity index is 1370. The maximum Gasteiger partial charge on any atom is 0.232 e. The van der Waals surface area contributed by atoms with Gasteiger partial charge >= 0.3 is 0 Å². The second kappa shape index (κ2) is 9.51. The molecule has 0 amide bonds. The van der Waals surface area contributed by atoms with Crippen molar-refractivity contribution >= 4 is 40.8 Å². The Morgan fingerprint density at radius 1 is 1.09 bits per heavy atom. The third kappa shape index (κ3) is 5.00. The normalized spacial score (nSPS) is 11.3. The smallest absolute Gasteiger partial charge is 0.232 e. The fourth-order valence-electron chi connectivity index (χ4n) is 3.37. The zero-order valence-electron chi connectivity index (χ0n) is 18.1. The summed E-state index contributed by atoms with van der Waals surface area (Å²) < 4.78 is 1.86. The summed E-state index contributed by atoms with van der Waals surface area (Å²) in [5.74, 6) is 0.455. The van der Waals surface area contributed by atoms with Crippen molar-refractivity contribution < 1.29 is 0 Å². The van der Waals surface area contributed by atoms with Gasteiger partial charge in [0.05, 0.1) is 17.8 Å². The number of halogens is 1. The summed E-state index contributed by atoms with van der Waals surface area (Å²) in [5, 5.41) is 18.2. The monoisotopic (exact) mass is 456 g/mol. The van der Waals surface area contributed by atoms with Crippen molar-refractivity contribution in [2.75, 3.05) is 11.1 Å². The molecule has 0 spiro atoms. The van der Waals surface area contributed by atoms with Gasteiger partial charge in [0, 0.05) is 22.0 Å². The van der Waals surface area contributed by atoms with Crippen LogP contribution in [0, 0.1) is 25.2 Å². The Labute approximate surface area is 196 Å². The van der Waals surface area contributed by atoms with E-state index in [9.17, 15) is 5.26 Å². The van der Waals surface area contributed by atoms with Crippen molar-refractivity contribution in [3.8, 4) is 6.07 Å². The summed E-state index contributed by atoms with van der Waals surface area (Å²) in [6.07, 6.45) is 1.72. The molecule has 4 aromatic rings. The summed E-state index contributed by atoms with van der Waals surface area (Å²) in [5.41, 5.74) is 10.4. The summed E-state index contributed by atoms with van der Waals surface area (Å²) in [4.78, 5) is 12.7. The number of nitrogens with zero attached hydrogens (tertiary/aromatic N) is 6. The standard InChI is InChI=1S/C24H21ClN8/c1-15-20(16(2)33(32-15)14-17-8-6-7-11-21(17)25)12-18(13-26)22-29-23(27)31-24(30-22)28-19-9-4-3-5-10-19/h3-12H,14H2,1-2H3,(H3,27,28,29,30,31)/b18-12+. The van der Waals surface area contributed by atoms with Crippen LogP contribution in [0.2, 0.25) is 5.02 Å². The Hall–Kier alpha value is -4.22. The van der Waals surface area contributed by atoms with Gasteiger partial charge in [-0.2, -0.15) is 25.3 Å². The van der Waals surface area contributed by atoms with E-state index >= 15 is 0 Å². The molecule has 8 nitrogen and oxygen atoms in total. The molecule has 4 rings (SSSR count). The van der Waals surface area contributed by atoms with Crippen LogP contribution in [0.25, 0.3) is 11.6 Å². The summed E-state index contributed by atoms with van der Waals surface area (Å²) in [6, 6.07) is 19.3. The van der Waals surface area contributed by atoms with E-state index < -0.39 is 0 Å². The van der Waals surface area contributed by atoms with Crippen molar-refractivity contribution in [2.45, 2.75) is 20.4 Å². The van der Waals surface area contributed by atoms with E-state index in [-0.39, 0.29) is 23.3 Å². The third-order valence-electron chi connectivity index (χ3n) is 5.05. The number of rotatable bonds is 6. The lowest BCUT2D eigenvalue weighted by Gasteiger charge is -2.07. The molecule has 0 unspecified atom stereocenters. The Balaban J connectivity index is 1.68. The number of benzene rings is 2. The third-order valence-corrected chi connectivity index (χ3v) is 5.42. The number of hydrogen-bond donors (Lipinski definition) is 2. The van der Waals surface area contributed by atoms with Crippen LogP contribution in [0.15, 0.2) is 54.6 Å². The summed E-state index contributed by atoms with van der Waals surface area (Å²) in [7, 11) is 0. The number of aryl methyl sites for hydroxylation is 1. The zero-order valence-corrected chi connectivity index (χ0v) is 18.9. The average molecular weight is 457 g/mol. The molecule has 0 saturated carbocycles. The van der Waals surface area contributed by atoms with Crippen LogP contribution in [0.3, 0.4) is 0 Å². The predicted octanol–water partition coefficient (Wildman–Crippen LogP) is 4.78. The van der Waals surface area contributed by atoms with E-state index in [4.69, 9.17) is 17.3 Å². The van der Waals surface area contributed by atoms with Gasteiger partial charge in [0.25, 0.3) is 0 Å². The fraction of sp³-hybridized carbons (Fsp3) is 0.125. The number of nitrogen functional groups attached to an aromatic ring is 1. The van der Waals surface area contributed by atoms with Crippen LogP contribution < -0.4 is 11.1 Å². The molecule has 0 aliphatic rings. The Kier molecular flexibility index (Phi) is 6.33. The molecule has 0 atom stereocenters. The highest BCUT2D eigenvalue weighted by Crippen LogP contribution is 2.24. The summed E-state index contributed by atoms with van der Waals surface area (Å²) in [6.45, 7) is 4.36. The van der Waals surface area contributed by atoms with Crippen LogP contribution in [0.4, 0.5) is 17.6 Å². The van der Waals surface area contributed by atoms with Gasteiger partial charge in [0.1, 0.15) is 6.07 Å². The van der Waals surface area contributed by atoms with Crippen LogP contribution in [-0.4, -0.2) is 24.7 Å². The Morgan fingerprint density at radius 3 is 2.55 bits per heavy atom. The summed E-state index contributed by atoms with van der Waals surface area (Å²) >= 11 is 6.31. The van der Waals surface area contributed by atoms with Gasteiger partial charge in [-0.25, -0.2) is 0 Å². The predicted molar refractivity (Wildman–Crippen MR) is 130 cm³/mol. The van der Waals surface area contributed by atoms with Gasteiger partial charge in [-0.3, -0.25) is 4.68 Å². The molecule has 164 valence electrons. The SMILES string of the molecule is Cc1nn(Cc2ccccc2Cl)c(C)c1/C=C(\C#N)c1nc(N)nc(Nc2ccccc2)n1. The van der Waals surface area contributed by atoms with Crippen LogP contribution >= 0.6 is 11.6 Å². The molecule has 0 saturated heterocycles. The zero-order chi connectivity index (χ0) is 23.4. The van der Waals surface area contributed by atoms with E-state index in [0.717, 1.165) is 28.2 Å². The highest BCUT2D eigenvalue weighted by molar-refractivity contribution is 6.31. The first-order valence-corrected chi connectivity index (χ1v) is 10.6. The topological polar surface area (TPSA) is 118 Å².